The van der Waals surface area contributed by atoms with E-state index in [0.717, 1.165) is 11.1 Å². The van der Waals surface area contributed by atoms with E-state index in [4.69, 9.17) is 4.74 Å². The standard InChI is InChI=1S/C22H29NO4/c1-22(2,3)18-11-7-10-17(14-18)20(25)19(24)12-13-23-21(26)27-15-16-8-5-4-6-9-16/h4-11,14,19-20,24-25H,12-13,15H2,1-3H3,(H,23,26). The maximum Gasteiger partial charge on any atom is 0.407 e. The molecule has 0 saturated carbocycles. The van der Waals surface area contributed by atoms with Crippen LogP contribution in [0.15, 0.2) is 54.6 Å². The molecule has 2 rings (SSSR count). The van der Waals surface area contributed by atoms with E-state index < -0.39 is 18.3 Å². The molecular formula is C22H29NO4. The van der Waals surface area contributed by atoms with Crippen molar-refractivity contribution in [3.8, 4) is 0 Å². The first-order valence-electron chi connectivity index (χ1n) is 9.18. The Bertz CT molecular complexity index is 725. The van der Waals surface area contributed by atoms with Crippen molar-refractivity contribution >= 4 is 6.09 Å². The Morgan fingerprint density at radius 2 is 1.78 bits per heavy atom. The highest BCUT2D eigenvalue weighted by Crippen LogP contribution is 2.26. The fourth-order valence-corrected chi connectivity index (χ4v) is 2.67. The molecule has 0 aliphatic heterocycles. The van der Waals surface area contributed by atoms with Gasteiger partial charge in [-0.1, -0.05) is 75.4 Å². The number of aliphatic hydroxyl groups excluding tert-OH is 2. The molecule has 0 fully saturated rings. The monoisotopic (exact) mass is 371 g/mol. The van der Waals surface area contributed by atoms with Crippen molar-refractivity contribution in [1.29, 1.82) is 0 Å². The van der Waals surface area contributed by atoms with Gasteiger partial charge < -0.3 is 20.3 Å². The summed E-state index contributed by atoms with van der Waals surface area (Å²) in [4.78, 5) is 11.7. The van der Waals surface area contributed by atoms with Crippen LogP contribution in [0.5, 0.6) is 0 Å². The number of hydrogen-bond acceptors (Lipinski definition) is 4. The minimum absolute atomic E-state index is 0.0370. The Labute approximate surface area is 161 Å². The fourth-order valence-electron chi connectivity index (χ4n) is 2.67. The molecule has 0 radical (unpaired) electrons. The molecule has 0 aliphatic rings. The van der Waals surface area contributed by atoms with E-state index in [9.17, 15) is 15.0 Å². The van der Waals surface area contributed by atoms with Gasteiger partial charge in [0.25, 0.3) is 0 Å². The maximum absolute atomic E-state index is 11.7. The summed E-state index contributed by atoms with van der Waals surface area (Å²) >= 11 is 0. The zero-order valence-electron chi connectivity index (χ0n) is 16.2. The van der Waals surface area contributed by atoms with Gasteiger partial charge in [0.15, 0.2) is 0 Å². The second-order valence-corrected chi connectivity index (χ2v) is 7.66. The highest BCUT2D eigenvalue weighted by Gasteiger charge is 2.21. The van der Waals surface area contributed by atoms with Crippen LogP contribution in [0.3, 0.4) is 0 Å². The lowest BCUT2D eigenvalue weighted by Crippen LogP contribution is -2.29. The third-order valence-electron chi connectivity index (χ3n) is 4.38. The van der Waals surface area contributed by atoms with E-state index in [1.165, 1.54) is 0 Å². The van der Waals surface area contributed by atoms with Gasteiger partial charge in [-0.3, -0.25) is 0 Å². The quantitative estimate of drug-likeness (QED) is 0.693. The van der Waals surface area contributed by atoms with E-state index in [0.29, 0.717) is 5.56 Å². The molecule has 0 heterocycles. The number of aliphatic hydroxyl groups is 2. The average molecular weight is 371 g/mol. The van der Waals surface area contributed by atoms with Crippen LogP contribution in [0, 0.1) is 0 Å². The van der Waals surface area contributed by atoms with Gasteiger partial charge in [-0.15, -0.1) is 0 Å². The lowest BCUT2D eigenvalue weighted by molar-refractivity contribution is 0.0135. The Balaban J connectivity index is 1.78. The summed E-state index contributed by atoms with van der Waals surface area (Å²) in [6.45, 7) is 6.70. The van der Waals surface area contributed by atoms with Crippen molar-refractivity contribution in [2.75, 3.05) is 6.54 Å². The van der Waals surface area contributed by atoms with Gasteiger partial charge >= 0.3 is 6.09 Å². The Morgan fingerprint density at radius 1 is 1.07 bits per heavy atom. The van der Waals surface area contributed by atoms with Crippen LogP contribution in [-0.2, 0) is 16.8 Å². The highest BCUT2D eigenvalue weighted by molar-refractivity contribution is 5.67. The van der Waals surface area contributed by atoms with Crippen molar-refractivity contribution in [1.82, 2.24) is 5.32 Å². The predicted molar refractivity (Wildman–Crippen MR) is 105 cm³/mol. The molecule has 0 aliphatic carbocycles. The summed E-state index contributed by atoms with van der Waals surface area (Å²) in [5.74, 6) is 0. The van der Waals surface area contributed by atoms with Gasteiger partial charge in [-0.2, -0.15) is 0 Å². The van der Waals surface area contributed by atoms with Crippen LogP contribution in [-0.4, -0.2) is 29.0 Å². The van der Waals surface area contributed by atoms with Crippen LogP contribution >= 0.6 is 0 Å². The van der Waals surface area contributed by atoms with Gasteiger partial charge in [-0.25, -0.2) is 4.79 Å². The summed E-state index contributed by atoms with van der Waals surface area (Å²) in [6.07, 6.45) is -2.30. The van der Waals surface area contributed by atoms with Gasteiger partial charge in [0.05, 0.1) is 6.10 Å². The topological polar surface area (TPSA) is 78.8 Å². The largest absolute Gasteiger partial charge is 0.445 e. The molecule has 2 atom stereocenters. The number of hydrogen-bond donors (Lipinski definition) is 3. The first kappa shape index (κ1) is 20.9. The normalized spacial score (nSPS) is 13.7. The van der Waals surface area contributed by atoms with Crippen LogP contribution in [0.25, 0.3) is 0 Å². The number of benzene rings is 2. The molecule has 3 N–H and O–H groups in total. The van der Waals surface area contributed by atoms with Gasteiger partial charge in [-0.05, 0) is 28.5 Å². The number of alkyl carbamates (subject to hydrolysis) is 1. The minimum atomic E-state index is -1.01. The lowest BCUT2D eigenvalue weighted by Gasteiger charge is -2.23. The molecule has 0 aromatic heterocycles. The lowest BCUT2D eigenvalue weighted by atomic mass is 9.85. The van der Waals surface area contributed by atoms with E-state index in [2.05, 4.69) is 26.1 Å². The molecule has 2 aromatic rings. The van der Waals surface area contributed by atoms with E-state index in [1.807, 2.05) is 48.5 Å². The first-order chi connectivity index (χ1) is 12.8. The van der Waals surface area contributed by atoms with Crippen molar-refractivity contribution in [2.24, 2.45) is 0 Å². The molecule has 2 unspecified atom stereocenters. The van der Waals surface area contributed by atoms with Crippen molar-refractivity contribution in [3.63, 3.8) is 0 Å². The zero-order valence-corrected chi connectivity index (χ0v) is 16.2. The minimum Gasteiger partial charge on any atom is -0.445 e. The van der Waals surface area contributed by atoms with Crippen molar-refractivity contribution in [3.05, 3.63) is 71.3 Å². The number of amides is 1. The van der Waals surface area contributed by atoms with E-state index in [1.54, 1.807) is 6.07 Å². The number of carbonyl (C=O) groups is 1. The van der Waals surface area contributed by atoms with Gasteiger partial charge in [0.2, 0.25) is 0 Å². The molecule has 146 valence electrons. The van der Waals surface area contributed by atoms with Crippen LogP contribution in [0.1, 0.15) is 50.0 Å². The smallest absolute Gasteiger partial charge is 0.407 e. The van der Waals surface area contributed by atoms with E-state index in [-0.39, 0.29) is 25.0 Å². The number of rotatable bonds is 7. The second-order valence-electron chi connectivity index (χ2n) is 7.66. The molecule has 5 nitrogen and oxygen atoms in total. The van der Waals surface area contributed by atoms with Crippen LogP contribution in [0.4, 0.5) is 4.79 Å². The molecule has 27 heavy (non-hydrogen) atoms. The summed E-state index contributed by atoms with van der Waals surface area (Å²) in [5, 5.41) is 23.2. The molecule has 2 aromatic carbocycles. The van der Waals surface area contributed by atoms with Crippen LogP contribution in [0.2, 0.25) is 0 Å². The molecule has 0 saturated heterocycles. The molecule has 0 spiro atoms. The predicted octanol–water partition coefficient (Wildman–Crippen LogP) is 3.69. The third-order valence-corrected chi connectivity index (χ3v) is 4.38. The Hall–Kier alpha value is -2.37. The first-order valence-corrected chi connectivity index (χ1v) is 9.18. The number of nitrogens with one attached hydrogen (secondary N) is 1. The highest BCUT2D eigenvalue weighted by atomic mass is 16.5. The van der Waals surface area contributed by atoms with E-state index >= 15 is 0 Å². The fraction of sp³-hybridized carbons (Fsp3) is 0.409. The third kappa shape index (κ3) is 6.70. The van der Waals surface area contributed by atoms with Crippen molar-refractivity contribution in [2.45, 2.75) is 51.4 Å². The number of carbonyl (C=O) groups excluding carboxylic acids is 1. The maximum atomic E-state index is 11.7. The average Bonchev–Trinajstić information content (AvgIpc) is 2.66. The summed E-state index contributed by atoms with van der Waals surface area (Å²) in [5.41, 5.74) is 2.63. The SMILES string of the molecule is CC(C)(C)c1cccc(C(O)C(O)CCNC(=O)OCc2ccccc2)c1. The number of ether oxygens (including phenoxy) is 1. The second kappa shape index (κ2) is 9.53. The van der Waals surface area contributed by atoms with Gasteiger partial charge in [0.1, 0.15) is 12.7 Å². The van der Waals surface area contributed by atoms with Crippen molar-refractivity contribution < 1.29 is 19.7 Å². The summed E-state index contributed by atoms with van der Waals surface area (Å²) in [6, 6.07) is 17.0. The molecule has 5 heteroatoms. The zero-order chi connectivity index (χ0) is 19.9. The summed E-state index contributed by atoms with van der Waals surface area (Å²) in [7, 11) is 0. The Morgan fingerprint density at radius 3 is 2.44 bits per heavy atom. The summed E-state index contributed by atoms with van der Waals surface area (Å²) < 4.78 is 5.11. The van der Waals surface area contributed by atoms with Gasteiger partial charge in [0, 0.05) is 6.54 Å². The molecular weight excluding hydrogens is 342 g/mol. The van der Waals surface area contributed by atoms with Crippen LogP contribution < -0.4 is 5.32 Å². The molecule has 0 bridgehead atoms. The Kier molecular flexibility index (Phi) is 7.39. The molecule has 1 amide bonds.